The zero-order valence-electron chi connectivity index (χ0n) is 9.17. The summed E-state index contributed by atoms with van der Waals surface area (Å²) in [6.07, 6.45) is 5.23. The van der Waals surface area contributed by atoms with Crippen LogP contribution in [0.1, 0.15) is 25.7 Å². The Morgan fingerprint density at radius 3 is 2.93 bits per heavy atom. The molecule has 0 bridgehead atoms. The number of nitrogens with one attached hydrogen (secondary N) is 1. The lowest BCUT2D eigenvalue weighted by Gasteiger charge is -2.26. The molecule has 2 heterocycles. The van der Waals surface area contributed by atoms with Crippen molar-refractivity contribution in [2.45, 2.75) is 37.8 Å². The zero-order valence-corrected chi connectivity index (χ0v) is 9.17. The zero-order chi connectivity index (χ0) is 9.80. The van der Waals surface area contributed by atoms with Gasteiger partial charge in [-0.25, -0.2) is 0 Å². The number of ether oxygens (including phenoxy) is 1. The van der Waals surface area contributed by atoms with Crippen molar-refractivity contribution in [3.63, 3.8) is 0 Å². The minimum Gasteiger partial charge on any atom is -0.380 e. The molecule has 2 rings (SSSR count). The van der Waals surface area contributed by atoms with E-state index in [0.717, 1.165) is 25.8 Å². The number of hydrogen-bond donors (Lipinski definition) is 1. The molecule has 0 saturated carbocycles. The third-order valence-electron chi connectivity index (χ3n) is 3.47. The fraction of sp³-hybridized carbons (Fsp3) is 1.00. The van der Waals surface area contributed by atoms with Crippen LogP contribution in [0.4, 0.5) is 0 Å². The highest BCUT2D eigenvalue weighted by molar-refractivity contribution is 4.80. The molecular weight excluding hydrogens is 176 g/mol. The summed E-state index contributed by atoms with van der Waals surface area (Å²) in [5.41, 5.74) is 0. The van der Waals surface area contributed by atoms with E-state index in [2.05, 4.69) is 17.3 Å². The van der Waals surface area contributed by atoms with Crippen LogP contribution in [0.5, 0.6) is 0 Å². The molecule has 2 unspecified atom stereocenters. The van der Waals surface area contributed by atoms with Gasteiger partial charge in [0, 0.05) is 25.2 Å². The van der Waals surface area contributed by atoms with E-state index in [-0.39, 0.29) is 0 Å². The first-order valence-corrected chi connectivity index (χ1v) is 5.87. The van der Waals surface area contributed by atoms with E-state index in [1.165, 1.54) is 32.2 Å². The van der Waals surface area contributed by atoms with Crippen LogP contribution in [0.2, 0.25) is 0 Å². The van der Waals surface area contributed by atoms with Gasteiger partial charge in [0.2, 0.25) is 0 Å². The Bertz CT molecular complexity index is 169. The second-order valence-corrected chi connectivity index (χ2v) is 4.60. The van der Waals surface area contributed by atoms with Gasteiger partial charge in [-0.1, -0.05) is 0 Å². The second-order valence-electron chi connectivity index (χ2n) is 4.60. The van der Waals surface area contributed by atoms with Crippen LogP contribution in [0.3, 0.4) is 0 Å². The summed E-state index contributed by atoms with van der Waals surface area (Å²) >= 11 is 0. The van der Waals surface area contributed by atoms with Crippen LogP contribution < -0.4 is 5.32 Å². The molecule has 0 aromatic rings. The van der Waals surface area contributed by atoms with Crippen molar-refractivity contribution >= 4 is 0 Å². The average Bonchev–Trinajstić information content (AvgIpc) is 2.63. The van der Waals surface area contributed by atoms with Gasteiger partial charge in [-0.05, 0) is 39.3 Å². The highest BCUT2D eigenvalue weighted by Gasteiger charge is 2.22. The summed E-state index contributed by atoms with van der Waals surface area (Å²) in [6, 6.07) is 1.37. The van der Waals surface area contributed by atoms with Crippen molar-refractivity contribution in [3.05, 3.63) is 0 Å². The van der Waals surface area contributed by atoms with E-state index < -0.39 is 0 Å². The van der Waals surface area contributed by atoms with Gasteiger partial charge in [-0.3, -0.25) is 0 Å². The summed E-state index contributed by atoms with van der Waals surface area (Å²) in [6.45, 7) is 4.29. The highest BCUT2D eigenvalue weighted by Crippen LogP contribution is 2.14. The van der Waals surface area contributed by atoms with Gasteiger partial charge in [0.25, 0.3) is 0 Å². The van der Waals surface area contributed by atoms with Gasteiger partial charge in [-0.15, -0.1) is 0 Å². The fourth-order valence-corrected chi connectivity index (χ4v) is 2.44. The molecule has 2 aliphatic heterocycles. The Morgan fingerprint density at radius 1 is 1.36 bits per heavy atom. The molecule has 0 aromatic carbocycles. The summed E-state index contributed by atoms with van der Waals surface area (Å²) in [7, 11) is 2.23. The molecule has 14 heavy (non-hydrogen) atoms. The minimum atomic E-state index is 0.609. The molecule has 1 N–H and O–H groups in total. The van der Waals surface area contributed by atoms with Crippen molar-refractivity contribution in [1.29, 1.82) is 0 Å². The number of nitrogens with zero attached hydrogens (tertiary/aromatic N) is 1. The summed E-state index contributed by atoms with van der Waals surface area (Å²) in [5.74, 6) is 0. The molecule has 0 spiro atoms. The quantitative estimate of drug-likeness (QED) is 0.727. The van der Waals surface area contributed by atoms with Crippen LogP contribution in [-0.2, 0) is 4.74 Å². The Kier molecular flexibility index (Phi) is 3.79. The first kappa shape index (κ1) is 10.4. The normalized spacial score (nSPS) is 34.9. The molecule has 0 radical (unpaired) electrons. The van der Waals surface area contributed by atoms with E-state index in [9.17, 15) is 0 Å². The van der Waals surface area contributed by atoms with Crippen molar-refractivity contribution < 1.29 is 4.74 Å². The Labute approximate surface area is 86.8 Å². The maximum Gasteiger partial charge on any atom is 0.0619 e. The Hall–Kier alpha value is -0.120. The molecule has 2 saturated heterocycles. The first-order valence-electron chi connectivity index (χ1n) is 5.87. The van der Waals surface area contributed by atoms with Gasteiger partial charge in [0.1, 0.15) is 0 Å². The molecule has 0 aromatic heterocycles. The maximum atomic E-state index is 5.45. The molecule has 2 aliphatic rings. The number of hydrogen-bond acceptors (Lipinski definition) is 3. The van der Waals surface area contributed by atoms with E-state index in [0.29, 0.717) is 6.04 Å². The summed E-state index contributed by atoms with van der Waals surface area (Å²) in [5, 5.41) is 3.63. The predicted octanol–water partition coefficient (Wildman–Crippen LogP) is 0.849. The van der Waals surface area contributed by atoms with E-state index in [1.807, 2.05) is 0 Å². The molecule has 82 valence electrons. The Balaban J connectivity index is 1.65. The minimum absolute atomic E-state index is 0.609. The predicted molar refractivity (Wildman–Crippen MR) is 57.5 cm³/mol. The Morgan fingerprint density at radius 2 is 2.29 bits per heavy atom. The van der Waals surface area contributed by atoms with Gasteiger partial charge in [0.15, 0.2) is 0 Å². The third-order valence-corrected chi connectivity index (χ3v) is 3.47. The van der Waals surface area contributed by atoms with Crippen LogP contribution >= 0.6 is 0 Å². The van der Waals surface area contributed by atoms with Gasteiger partial charge in [0.05, 0.1) is 6.61 Å². The summed E-state index contributed by atoms with van der Waals surface area (Å²) in [4.78, 5) is 2.47. The topological polar surface area (TPSA) is 24.5 Å². The van der Waals surface area contributed by atoms with E-state index >= 15 is 0 Å². The molecule has 2 fully saturated rings. The van der Waals surface area contributed by atoms with E-state index in [1.54, 1.807) is 0 Å². The average molecular weight is 198 g/mol. The van der Waals surface area contributed by atoms with Crippen LogP contribution in [-0.4, -0.2) is 50.3 Å². The maximum absolute atomic E-state index is 5.45. The molecule has 0 amide bonds. The SMILES string of the molecule is CN1CCCC1CNC1CCCOC1. The van der Waals surface area contributed by atoms with Crippen molar-refractivity contribution in [2.24, 2.45) is 0 Å². The largest absolute Gasteiger partial charge is 0.380 e. The number of likely N-dealkylation sites (N-methyl/N-ethyl adjacent to an activating group) is 1. The molecule has 3 nitrogen and oxygen atoms in total. The fourth-order valence-electron chi connectivity index (χ4n) is 2.44. The van der Waals surface area contributed by atoms with Crippen molar-refractivity contribution in [2.75, 3.05) is 33.4 Å². The van der Waals surface area contributed by atoms with E-state index in [4.69, 9.17) is 4.74 Å². The van der Waals surface area contributed by atoms with Crippen LogP contribution in [0.15, 0.2) is 0 Å². The first-order chi connectivity index (χ1) is 6.86. The lowest BCUT2D eigenvalue weighted by Crippen LogP contribution is -2.43. The molecular formula is C11H22N2O. The highest BCUT2D eigenvalue weighted by atomic mass is 16.5. The number of rotatable bonds is 3. The van der Waals surface area contributed by atoms with Crippen LogP contribution in [0, 0.1) is 0 Å². The van der Waals surface area contributed by atoms with Gasteiger partial charge < -0.3 is 15.0 Å². The van der Waals surface area contributed by atoms with Crippen molar-refractivity contribution in [1.82, 2.24) is 10.2 Å². The third kappa shape index (κ3) is 2.69. The lowest BCUT2D eigenvalue weighted by molar-refractivity contribution is 0.0684. The molecule has 0 aliphatic carbocycles. The number of likely N-dealkylation sites (tertiary alicyclic amines) is 1. The van der Waals surface area contributed by atoms with Crippen molar-refractivity contribution in [3.8, 4) is 0 Å². The van der Waals surface area contributed by atoms with Gasteiger partial charge >= 0.3 is 0 Å². The van der Waals surface area contributed by atoms with Gasteiger partial charge in [-0.2, -0.15) is 0 Å². The summed E-state index contributed by atoms with van der Waals surface area (Å²) < 4.78 is 5.45. The lowest BCUT2D eigenvalue weighted by atomic mass is 10.1. The molecule has 2 atom stereocenters. The van der Waals surface area contributed by atoms with Crippen LogP contribution in [0.25, 0.3) is 0 Å². The smallest absolute Gasteiger partial charge is 0.0619 e. The monoisotopic (exact) mass is 198 g/mol. The molecule has 3 heteroatoms. The standard InChI is InChI=1S/C11H22N2O/c1-13-6-2-5-11(13)8-12-10-4-3-7-14-9-10/h10-12H,2-9H2,1H3. The second kappa shape index (κ2) is 5.10.